The molecule has 0 aliphatic heterocycles. The minimum Gasteiger partial charge on any atom is -0.462 e. The summed E-state index contributed by atoms with van der Waals surface area (Å²) in [6.07, 6.45) is 17.6. The first-order valence-corrected chi connectivity index (χ1v) is 14.7. The van der Waals surface area contributed by atoms with Crippen molar-refractivity contribution in [3.05, 3.63) is 11.6 Å². The lowest BCUT2D eigenvalue weighted by molar-refractivity contribution is -0.165. The summed E-state index contributed by atoms with van der Waals surface area (Å²) in [6, 6.07) is 0. The lowest BCUT2D eigenvalue weighted by Crippen LogP contribution is -2.54. The maximum absolute atomic E-state index is 11.8. The van der Waals surface area contributed by atoms with Crippen molar-refractivity contribution in [3.63, 3.8) is 0 Å². The molecule has 192 valence electrons. The maximum atomic E-state index is 11.8. The van der Waals surface area contributed by atoms with Crippen molar-refractivity contribution in [2.24, 2.45) is 50.7 Å². The lowest BCUT2D eigenvalue weighted by Gasteiger charge is -2.60. The number of rotatable bonds is 6. The fraction of sp³-hybridized carbons (Fsp3) is 0.906. The van der Waals surface area contributed by atoms with Crippen LogP contribution in [0.2, 0.25) is 0 Å². The highest BCUT2D eigenvalue weighted by molar-refractivity contribution is 5.66. The average Bonchev–Trinajstić information content (AvgIpc) is 3.32. The van der Waals surface area contributed by atoms with Crippen LogP contribution in [0.3, 0.4) is 0 Å². The van der Waals surface area contributed by atoms with E-state index >= 15 is 0 Å². The number of carbonyl (C=O) groups is 1. The van der Waals surface area contributed by atoms with Gasteiger partial charge in [0, 0.05) is 12.3 Å². The van der Waals surface area contributed by atoms with Gasteiger partial charge in [-0.1, -0.05) is 79.4 Å². The van der Waals surface area contributed by atoms with Gasteiger partial charge in [0.15, 0.2) is 0 Å². The van der Waals surface area contributed by atoms with Crippen molar-refractivity contribution in [3.8, 4) is 0 Å². The molecule has 0 heterocycles. The highest BCUT2D eigenvalue weighted by Gasteiger charge is 2.80. The smallest absolute Gasteiger partial charge is 0.302 e. The van der Waals surface area contributed by atoms with Gasteiger partial charge < -0.3 is 4.74 Å². The summed E-state index contributed by atoms with van der Waals surface area (Å²) < 4.78 is 5.89. The minimum absolute atomic E-state index is 0.0697. The molecule has 0 aromatic rings. The van der Waals surface area contributed by atoms with Gasteiger partial charge in [0.2, 0.25) is 0 Å². The van der Waals surface area contributed by atoms with Gasteiger partial charge in [-0.25, -0.2) is 0 Å². The predicted molar refractivity (Wildman–Crippen MR) is 140 cm³/mol. The normalized spacial score (nSPS) is 47.1. The fourth-order valence-corrected chi connectivity index (χ4v) is 10.9. The molecule has 0 aromatic carbocycles. The number of ether oxygens (including phenoxy) is 1. The fourth-order valence-electron chi connectivity index (χ4n) is 10.9. The largest absolute Gasteiger partial charge is 0.462 e. The molecule has 4 saturated carbocycles. The van der Waals surface area contributed by atoms with Crippen LogP contribution in [0, 0.1) is 50.7 Å². The van der Waals surface area contributed by atoms with Crippen LogP contribution in [0.4, 0.5) is 0 Å². The summed E-state index contributed by atoms with van der Waals surface area (Å²) in [7, 11) is 0. The second-order valence-corrected chi connectivity index (χ2v) is 15.0. The second kappa shape index (κ2) is 7.85. The molecular formula is C32H52O2. The third-order valence-corrected chi connectivity index (χ3v) is 12.9. The summed E-state index contributed by atoms with van der Waals surface area (Å²) in [5.41, 5.74) is 3.74. The van der Waals surface area contributed by atoms with Gasteiger partial charge in [-0.3, -0.25) is 4.79 Å². The number of allylic oxidation sites excluding steroid dienone is 2. The average molecular weight is 469 g/mol. The van der Waals surface area contributed by atoms with Crippen molar-refractivity contribution in [1.29, 1.82) is 0 Å². The van der Waals surface area contributed by atoms with Gasteiger partial charge in [-0.05, 0) is 96.7 Å². The summed E-state index contributed by atoms with van der Waals surface area (Å²) >= 11 is 0. The molecule has 0 aromatic heterocycles. The van der Waals surface area contributed by atoms with Crippen molar-refractivity contribution in [2.75, 3.05) is 0 Å². The number of carbonyl (C=O) groups excluding carboxylic acids is 1. The van der Waals surface area contributed by atoms with E-state index in [4.69, 9.17) is 4.74 Å². The summed E-state index contributed by atoms with van der Waals surface area (Å²) in [5, 5.41) is 0. The second-order valence-electron chi connectivity index (χ2n) is 15.0. The van der Waals surface area contributed by atoms with Gasteiger partial charge in [0.1, 0.15) is 6.10 Å². The zero-order valence-electron chi connectivity index (χ0n) is 23.6. The molecule has 5 rings (SSSR count). The predicted octanol–water partition coefficient (Wildman–Crippen LogP) is 8.74. The van der Waals surface area contributed by atoms with E-state index in [0.29, 0.717) is 27.6 Å². The Bertz CT molecular complexity index is 868. The standard InChI is InChI=1S/C32H52O2/c1-21(2)10-9-11-22(3)24-14-16-30(8)26-13-12-25-28(5,6)27(34-23(4)33)15-17-31(25)20-32(26,31)19-18-29(24,30)7/h13,21-22,24-25,27H,9-12,14-20H2,1-8H3/t22-,24-,25+,27+,29-,30+,31-,32-/m1/s1. The van der Waals surface area contributed by atoms with Crippen LogP contribution >= 0.6 is 0 Å². The highest BCUT2D eigenvalue weighted by atomic mass is 16.5. The molecule has 5 aliphatic rings. The molecule has 2 heteroatoms. The SMILES string of the molecule is CC(=O)O[C@H]1CC[C@]23C[C@@]24CC[C@]2(C)[C@@H]([C@H](C)CCCC(C)C)CC[C@@]2(C)C4=CC[C@H]3C1(C)C. The topological polar surface area (TPSA) is 26.3 Å². The molecule has 2 spiro atoms. The Kier molecular flexibility index (Phi) is 5.75. The van der Waals surface area contributed by atoms with Gasteiger partial charge in [0.25, 0.3) is 0 Å². The van der Waals surface area contributed by atoms with Gasteiger partial charge in [0.05, 0.1) is 0 Å². The molecule has 0 radical (unpaired) electrons. The van der Waals surface area contributed by atoms with Gasteiger partial charge in [-0.15, -0.1) is 0 Å². The first-order chi connectivity index (χ1) is 15.8. The minimum atomic E-state index is -0.105. The molecule has 0 bridgehead atoms. The van der Waals surface area contributed by atoms with Crippen LogP contribution in [-0.4, -0.2) is 12.1 Å². The van der Waals surface area contributed by atoms with Crippen molar-refractivity contribution < 1.29 is 9.53 Å². The number of hydrogen-bond acceptors (Lipinski definition) is 2. The molecule has 0 saturated heterocycles. The molecule has 0 N–H and O–H groups in total. The first kappa shape index (κ1) is 24.9. The van der Waals surface area contributed by atoms with E-state index in [1.165, 1.54) is 64.2 Å². The Morgan fingerprint density at radius 3 is 2.44 bits per heavy atom. The quantitative estimate of drug-likeness (QED) is 0.288. The third kappa shape index (κ3) is 3.14. The molecule has 4 fully saturated rings. The van der Waals surface area contributed by atoms with Crippen LogP contribution in [0.5, 0.6) is 0 Å². The van der Waals surface area contributed by atoms with Crippen LogP contribution < -0.4 is 0 Å². The van der Waals surface area contributed by atoms with Crippen LogP contribution in [0.25, 0.3) is 0 Å². The van der Waals surface area contributed by atoms with Crippen LogP contribution in [-0.2, 0) is 9.53 Å². The molecule has 5 aliphatic carbocycles. The summed E-state index contributed by atoms with van der Waals surface area (Å²) in [4.78, 5) is 11.8. The van der Waals surface area contributed by atoms with E-state index in [1.807, 2.05) is 5.57 Å². The molecule has 0 amide bonds. The molecule has 2 nitrogen and oxygen atoms in total. The summed E-state index contributed by atoms with van der Waals surface area (Å²) in [5.74, 6) is 3.11. The zero-order chi connectivity index (χ0) is 24.7. The first-order valence-electron chi connectivity index (χ1n) is 14.7. The zero-order valence-corrected chi connectivity index (χ0v) is 23.6. The Morgan fingerprint density at radius 2 is 1.76 bits per heavy atom. The van der Waals surface area contributed by atoms with E-state index in [0.717, 1.165) is 24.2 Å². The number of esters is 1. The Labute approximate surface area is 210 Å². The van der Waals surface area contributed by atoms with Crippen LogP contribution in [0.1, 0.15) is 126 Å². The van der Waals surface area contributed by atoms with Crippen LogP contribution in [0.15, 0.2) is 11.6 Å². The molecule has 34 heavy (non-hydrogen) atoms. The highest BCUT2D eigenvalue weighted by Crippen LogP contribution is 2.88. The van der Waals surface area contributed by atoms with Gasteiger partial charge in [-0.2, -0.15) is 0 Å². The van der Waals surface area contributed by atoms with Crippen molar-refractivity contribution >= 4 is 5.97 Å². The summed E-state index contributed by atoms with van der Waals surface area (Å²) in [6.45, 7) is 19.1. The van der Waals surface area contributed by atoms with E-state index in [1.54, 1.807) is 6.92 Å². The van der Waals surface area contributed by atoms with Crippen molar-refractivity contribution in [1.82, 2.24) is 0 Å². The number of hydrogen-bond donors (Lipinski definition) is 0. The lowest BCUT2D eigenvalue weighted by atomic mass is 9.45. The van der Waals surface area contributed by atoms with E-state index in [9.17, 15) is 4.79 Å². The van der Waals surface area contributed by atoms with E-state index in [-0.39, 0.29) is 17.5 Å². The monoisotopic (exact) mass is 468 g/mol. The Hall–Kier alpha value is -0.790. The van der Waals surface area contributed by atoms with Crippen molar-refractivity contribution in [2.45, 2.75) is 132 Å². The Morgan fingerprint density at radius 1 is 1.03 bits per heavy atom. The molecule has 0 unspecified atom stereocenters. The molecule has 8 atom stereocenters. The number of fused-ring (bicyclic) bond motifs is 2. The maximum Gasteiger partial charge on any atom is 0.302 e. The van der Waals surface area contributed by atoms with E-state index < -0.39 is 0 Å². The van der Waals surface area contributed by atoms with E-state index in [2.05, 4.69) is 54.5 Å². The molecular weight excluding hydrogens is 416 g/mol. The third-order valence-electron chi connectivity index (χ3n) is 12.9. The van der Waals surface area contributed by atoms with Gasteiger partial charge >= 0.3 is 5.97 Å². The Balaban J connectivity index is 1.41.